The minimum atomic E-state index is 0.288. The van der Waals surface area contributed by atoms with Crippen LogP contribution in [0.4, 0.5) is 0 Å². The van der Waals surface area contributed by atoms with Crippen LogP contribution in [0.2, 0.25) is 5.15 Å². The SMILES string of the molecule is CC1CCNC(c2ncc(Cl)n2C)S1. The number of thioether (sulfide) groups is 1. The van der Waals surface area contributed by atoms with E-state index in [9.17, 15) is 0 Å². The first kappa shape index (κ1) is 10.3. The number of hydrogen-bond acceptors (Lipinski definition) is 3. The highest BCUT2D eigenvalue weighted by molar-refractivity contribution is 8.00. The van der Waals surface area contributed by atoms with Crippen LogP contribution in [-0.4, -0.2) is 21.3 Å². The molecule has 0 bridgehead atoms. The molecule has 1 aromatic heterocycles. The second kappa shape index (κ2) is 4.13. The molecule has 0 radical (unpaired) electrons. The van der Waals surface area contributed by atoms with Gasteiger partial charge in [-0.05, 0) is 13.0 Å². The molecule has 0 aliphatic carbocycles. The van der Waals surface area contributed by atoms with Crippen LogP contribution in [0.3, 0.4) is 0 Å². The standard InChI is InChI=1S/C9H14ClN3S/c1-6-3-4-11-9(14-6)8-12-5-7(10)13(8)2/h5-6,9,11H,3-4H2,1-2H3. The molecule has 78 valence electrons. The lowest BCUT2D eigenvalue weighted by atomic mass is 10.3. The fraction of sp³-hybridized carbons (Fsp3) is 0.667. The molecule has 1 aliphatic rings. The summed E-state index contributed by atoms with van der Waals surface area (Å²) in [4.78, 5) is 4.32. The number of rotatable bonds is 1. The van der Waals surface area contributed by atoms with Gasteiger partial charge in [0, 0.05) is 12.3 Å². The van der Waals surface area contributed by atoms with E-state index in [0.717, 1.165) is 12.4 Å². The summed E-state index contributed by atoms with van der Waals surface area (Å²) in [5.41, 5.74) is 0. The highest BCUT2D eigenvalue weighted by Crippen LogP contribution is 2.34. The number of nitrogens with one attached hydrogen (secondary N) is 1. The average Bonchev–Trinajstić information content (AvgIpc) is 2.48. The predicted octanol–water partition coefficient (Wildman–Crippen LogP) is 2.19. The molecular weight excluding hydrogens is 218 g/mol. The topological polar surface area (TPSA) is 29.9 Å². The molecule has 5 heteroatoms. The van der Waals surface area contributed by atoms with Gasteiger partial charge in [0.15, 0.2) is 0 Å². The molecule has 0 amide bonds. The Labute approximate surface area is 93.2 Å². The van der Waals surface area contributed by atoms with Crippen molar-refractivity contribution in [3.63, 3.8) is 0 Å². The summed E-state index contributed by atoms with van der Waals surface area (Å²) in [6.45, 7) is 3.31. The lowest BCUT2D eigenvalue weighted by Gasteiger charge is -2.27. The Bertz CT molecular complexity index is 326. The molecule has 1 aliphatic heterocycles. The van der Waals surface area contributed by atoms with Crippen molar-refractivity contribution >= 4 is 23.4 Å². The maximum Gasteiger partial charge on any atom is 0.137 e. The lowest BCUT2D eigenvalue weighted by molar-refractivity contribution is 0.574. The minimum Gasteiger partial charge on any atom is -0.320 e. The normalized spacial score (nSPS) is 27.9. The van der Waals surface area contributed by atoms with Crippen molar-refractivity contribution in [2.45, 2.75) is 24.0 Å². The van der Waals surface area contributed by atoms with E-state index in [1.807, 2.05) is 23.4 Å². The van der Waals surface area contributed by atoms with Gasteiger partial charge >= 0.3 is 0 Å². The average molecular weight is 232 g/mol. The van der Waals surface area contributed by atoms with E-state index in [2.05, 4.69) is 17.2 Å². The van der Waals surface area contributed by atoms with Gasteiger partial charge in [0.05, 0.1) is 6.20 Å². The van der Waals surface area contributed by atoms with E-state index in [-0.39, 0.29) is 5.37 Å². The van der Waals surface area contributed by atoms with Crippen molar-refractivity contribution in [3.8, 4) is 0 Å². The van der Waals surface area contributed by atoms with E-state index in [1.165, 1.54) is 6.42 Å². The fourth-order valence-corrected chi connectivity index (χ4v) is 2.97. The Morgan fingerprint density at radius 1 is 1.71 bits per heavy atom. The monoisotopic (exact) mass is 231 g/mol. The predicted molar refractivity (Wildman–Crippen MR) is 60.6 cm³/mol. The van der Waals surface area contributed by atoms with Gasteiger partial charge in [-0.2, -0.15) is 0 Å². The smallest absolute Gasteiger partial charge is 0.137 e. The molecule has 2 atom stereocenters. The van der Waals surface area contributed by atoms with Crippen LogP contribution in [0, 0.1) is 0 Å². The number of aromatic nitrogens is 2. The maximum atomic E-state index is 5.95. The molecule has 1 N–H and O–H groups in total. The molecule has 2 rings (SSSR count). The van der Waals surface area contributed by atoms with E-state index in [1.54, 1.807) is 6.20 Å². The molecule has 1 saturated heterocycles. The van der Waals surface area contributed by atoms with Gasteiger partial charge in [-0.1, -0.05) is 18.5 Å². The van der Waals surface area contributed by atoms with E-state index in [4.69, 9.17) is 11.6 Å². The molecule has 3 nitrogen and oxygen atoms in total. The molecule has 2 unspecified atom stereocenters. The van der Waals surface area contributed by atoms with Gasteiger partial charge in [0.1, 0.15) is 16.4 Å². The Kier molecular flexibility index (Phi) is 3.04. The van der Waals surface area contributed by atoms with E-state index >= 15 is 0 Å². The Balaban J connectivity index is 2.18. The van der Waals surface area contributed by atoms with Crippen LogP contribution in [0.1, 0.15) is 24.5 Å². The van der Waals surface area contributed by atoms with Crippen molar-refractivity contribution in [1.29, 1.82) is 0 Å². The Morgan fingerprint density at radius 2 is 2.50 bits per heavy atom. The van der Waals surface area contributed by atoms with Crippen molar-refractivity contribution in [3.05, 3.63) is 17.2 Å². The summed E-state index contributed by atoms with van der Waals surface area (Å²) >= 11 is 7.86. The van der Waals surface area contributed by atoms with Crippen LogP contribution in [0.5, 0.6) is 0 Å². The zero-order valence-electron chi connectivity index (χ0n) is 8.33. The summed E-state index contributed by atoms with van der Waals surface area (Å²) in [6, 6.07) is 0. The number of hydrogen-bond donors (Lipinski definition) is 1. The number of nitrogens with zero attached hydrogens (tertiary/aromatic N) is 2. The van der Waals surface area contributed by atoms with Gasteiger partial charge in [-0.25, -0.2) is 4.98 Å². The second-order valence-corrected chi connectivity index (χ2v) is 5.50. The quantitative estimate of drug-likeness (QED) is 0.804. The summed E-state index contributed by atoms with van der Waals surface area (Å²) in [6.07, 6.45) is 2.93. The Morgan fingerprint density at radius 3 is 3.07 bits per heavy atom. The zero-order valence-corrected chi connectivity index (χ0v) is 9.90. The summed E-state index contributed by atoms with van der Waals surface area (Å²) in [5, 5.41) is 5.12. The first-order valence-corrected chi connectivity index (χ1v) is 6.06. The largest absolute Gasteiger partial charge is 0.320 e. The van der Waals surface area contributed by atoms with Gasteiger partial charge in [0.2, 0.25) is 0 Å². The molecule has 1 aromatic rings. The highest BCUT2D eigenvalue weighted by atomic mass is 35.5. The minimum absolute atomic E-state index is 0.288. The maximum absolute atomic E-state index is 5.95. The molecule has 14 heavy (non-hydrogen) atoms. The van der Waals surface area contributed by atoms with E-state index < -0.39 is 0 Å². The molecule has 1 fully saturated rings. The molecule has 2 heterocycles. The first-order chi connectivity index (χ1) is 6.68. The summed E-state index contributed by atoms with van der Waals surface area (Å²) in [5.74, 6) is 1.02. The van der Waals surface area contributed by atoms with Crippen LogP contribution >= 0.6 is 23.4 Å². The third-order valence-corrected chi connectivity index (χ3v) is 4.15. The zero-order chi connectivity index (χ0) is 10.1. The van der Waals surface area contributed by atoms with Crippen molar-refractivity contribution in [2.75, 3.05) is 6.54 Å². The van der Waals surface area contributed by atoms with Gasteiger partial charge in [0.25, 0.3) is 0 Å². The van der Waals surface area contributed by atoms with Crippen molar-refractivity contribution in [2.24, 2.45) is 7.05 Å². The Hall–Kier alpha value is -0.190. The van der Waals surface area contributed by atoms with Crippen molar-refractivity contribution in [1.82, 2.24) is 14.9 Å². The molecule has 0 spiro atoms. The van der Waals surface area contributed by atoms with Crippen LogP contribution in [-0.2, 0) is 7.05 Å². The second-order valence-electron chi connectivity index (χ2n) is 3.57. The number of halogens is 1. The van der Waals surface area contributed by atoms with Gasteiger partial charge in [-0.3, -0.25) is 5.32 Å². The lowest BCUT2D eigenvalue weighted by Crippen LogP contribution is -2.30. The van der Waals surface area contributed by atoms with Gasteiger partial charge < -0.3 is 4.57 Å². The molecule has 0 aromatic carbocycles. The fourth-order valence-electron chi connectivity index (χ4n) is 1.56. The first-order valence-electron chi connectivity index (χ1n) is 4.74. The molecular formula is C9H14ClN3S. The summed E-state index contributed by atoms with van der Waals surface area (Å²) < 4.78 is 1.93. The third kappa shape index (κ3) is 1.92. The van der Waals surface area contributed by atoms with Crippen LogP contribution in [0.15, 0.2) is 6.20 Å². The third-order valence-electron chi connectivity index (χ3n) is 2.45. The van der Waals surface area contributed by atoms with Crippen LogP contribution < -0.4 is 5.32 Å². The van der Waals surface area contributed by atoms with E-state index in [0.29, 0.717) is 10.4 Å². The highest BCUT2D eigenvalue weighted by Gasteiger charge is 2.23. The van der Waals surface area contributed by atoms with Crippen LogP contribution in [0.25, 0.3) is 0 Å². The van der Waals surface area contributed by atoms with Crippen molar-refractivity contribution < 1.29 is 0 Å². The summed E-state index contributed by atoms with van der Waals surface area (Å²) in [7, 11) is 1.95. The number of imidazole rings is 1. The van der Waals surface area contributed by atoms with Gasteiger partial charge in [-0.15, -0.1) is 11.8 Å². The molecule has 0 saturated carbocycles.